The third kappa shape index (κ3) is 5.17. The van der Waals surface area contributed by atoms with Crippen molar-refractivity contribution in [1.29, 1.82) is 0 Å². The molecule has 0 radical (unpaired) electrons. The Labute approximate surface area is 162 Å². The minimum Gasteiger partial charge on any atom is -0.505 e. The Kier molecular flexibility index (Phi) is 6.01. The van der Waals surface area contributed by atoms with Gasteiger partial charge < -0.3 is 14.9 Å². The lowest BCUT2D eigenvalue weighted by Crippen LogP contribution is -2.06. The van der Waals surface area contributed by atoms with Gasteiger partial charge in [0.15, 0.2) is 5.78 Å². The molecule has 0 atom stereocenters. The SMILES string of the molecule is O=C(O)CCC(=O)c1ncc(Oc2ccc(Cc3ccccc3)cc2)cc1O. The molecule has 6 nitrogen and oxygen atoms in total. The molecule has 142 valence electrons. The number of carboxylic acid groups (broad SMARTS) is 1. The van der Waals surface area contributed by atoms with Gasteiger partial charge in [-0.25, -0.2) is 4.98 Å². The first kappa shape index (κ1) is 19.1. The lowest BCUT2D eigenvalue weighted by Gasteiger charge is -2.09. The number of aromatic nitrogens is 1. The number of rotatable bonds is 8. The quantitative estimate of drug-likeness (QED) is 0.571. The van der Waals surface area contributed by atoms with Crippen LogP contribution in [0, 0.1) is 0 Å². The summed E-state index contributed by atoms with van der Waals surface area (Å²) in [5.74, 6) is -1.10. The zero-order valence-electron chi connectivity index (χ0n) is 15.0. The monoisotopic (exact) mass is 377 g/mol. The zero-order chi connectivity index (χ0) is 19.9. The minimum atomic E-state index is -1.08. The number of Topliss-reactive ketones (excluding diaryl/α,β-unsaturated/α-hetero) is 1. The second kappa shape index (κ2) is 8.81. The lowest BCUT2D eigenvalue weighted by molar-refractivity contribution is -0.136. The van der Waals surface area contributed by atoms with Gasteiger partial charge in [-0.15, -0.1) is 0 Å². The second-order valence-electron chi connectivity index (χ2n) is 6.26. The summed E-state index contributed by atoms with van der Waals surface area (Å²) >= 11 is 0. The average Bonchev–Trinajstić information content (AvgIpc) is 2.68. The molecule has 0 amide bonds. The summed E-state index contributed by atoms with van der Waals surface area (Å²) in [6.07, 6.45) is 1.61. The maximum atomic E-state index is 11.9. The highest BCUT2D eigenvalue weighted by Gasteiger charge is 2.15. The molecular weight excluding hydrogens is 358 g/mol. The highest BCUT2D eigenvalue weighted by atomic mass is 16.5. The number of carbonyl (C=O) groups excluding carboxylic acids is 1. The van der Waals surface area contributed by atoms with Gasteiger partial charge in [-0.2, -0.15) is 0 Å². The van der Waals surface area contributed by atoms with E-state index in [4.69, 9.17) is 9.84 Å². The van der Waals surface area contributed by atoms with Crippen LogP contribution >= 0.6 is 0 Å². The van der Waals surface area contributed by atoms with Gasteiger partial charge in [0.2, 0.25) is 0 Å². The summed E-state index contributed by atoms with van der Waals surface area (Å²) < 4.78 is 5.67. The molecule has 0 saturated carbocycles. The van der Waals surface area contributed by atoms with Crippen LogP contribution in [0.3, 0.4) is 0 Å². The van der Waals surface area contributed by atoms with E-state index in [2.05, 4.69) is 17.1 Å². The number of hydrogen-bond donors (Lipinski definition) is 2. The molecule has 1 aromatic heterocycles. The van der Waals surface area contributed by atoms with Gasteiger partial charge in [0.25, 0.3) is 0 Å². The van der Waals surface area contributed by atoms with Gasteiger partial charge in [0.05, 0.1) is 12.6 Å². The maximum absolute atomic E-state index is 11.9. The molecule has 2 aromatic carbocycles. The van der Waals surface area contributed by atoms with Crippen molar-refractivity contribution in [1.82, 2.24) is 4.98 Å². The molecule has 0 unspecified atom stereocenters. The van der Waals surface area contributed by atoms with Crippen molar-refractivity contribution in [3.05, 3.63) is 83.7 Å². The van der Waals surface area contributed by atoms with Crippen LogP contribution in [0.1, 0.15) is 34.5 Å². The van der Waals surface area contributed by atoms with Gasteiger partial charge in [-0.1, -0.05) is 42.5 Å². The summed E-state index contributed by atoms with van der Waals surface area (Å²) in [6.45, 7) is 0. The van der Waals surface area contributed by atoms with Gasteiger partial charge >= 0.3 is 5.97 Å². The van der Waals surface area contributed by atoms with Crippen LogP contribution in [0.5, 0.6) is 17.2 Å². The molecule has 3 aromatic rings. The summed E-state index contributed by atoms with van der Waals surface area (Å²) in [5, 5.41) is 18.6. The van der Waals surface area contributed by atoms with E-state index in [1.807, 2.05) is 42.5 Å². The first-order valence-corrected chi connectivity index (χ1v) is 8.76. The average molecular weight is 377 g/mol. The number of aliphatic carboxylic acids is 1. The molecule has 0 aliphatic heterocycles. The zero-order valence-corrected chi connectivity index (χ0v) is 15.0. The van der Waals surface area contributed by atoms with Crippen LogP contribution in [-0.2, 0) is 11.2 Å². The molecule has 0 aliphatic carbocycles. The molecule has 28 heavy (non-hydrogen) atoms. The Morgan fingerprint density at radius 3 is 2.21 bits per heavy atom. The molecule has 0 saturated heterocycles. The molecule has 0 fully saturated rings. The van der Waals surface area contributed by atoms with Gasteiger partial charge in [0.1, 0.15) is 22.9 Å². The van der Waals surface area contributed by atoms with E-state index < -0.39 is 11.8 Å². The predicted molar refractivity (Wildman–Crippen MR) is 103 cm³/mol. The van der Waals surface area contributed by atoms with Gasteiger partial charge in [-0.05, 0) is 29.7 Å². The third-order valence-electron chi connectivity index (χ3n) is 4.08. The fraction of sp³-hybridized carbons (Fsp3) is 0.136. The molecule has 0 spiro atoms. The summed E-state index contributed by atoms with van der Waals surface area (Å²) in [5.41, 5.74) is 2.19. The largest absolute Gasteiger partial charge is 0.505 e. The predicted octanol–water partition coefficient (Wildman–Crippen LogP) is 4.22. The Morgan fingerprint density at radius 2 is 1.57 bits per heavy atom. The number of carboxylic acids is 1. The van der Waals surface area contributed by atoms with Crippen molar-refractivity contribution in [3.63, 3.8) is 0 Å². The van der Waals surface area contributed by atoms with Crippen molar-refractivity contribution < 1.29 is 24.5 Å². The van der Waals surface area contributed by atoms with E-state index in [1.165, 1.54) is 17.8 Å². The first-order valence-electron chi connectivity index (χ1n) is 8.76. The fourth-order valence-electron chi connectivity index (χ4n) is 2.69. The number of aromatic hydroxyl groups is 1. The molecule has 0 bridgehead atoms. The standard InChI is InChI=1S/C22H19NO5/c24-19(10-11-21(26)27)22-20(25)13-18(14-23-22)28-17-8-6-16(7-9-17)12-15-4-2-1-3-5-15/h1-9,13-14,25H,10-12H2,(H,26,27). The number of hydrogen-bond acceptors (Lipinski definition) is 5. The van der Waals surface area contributed by atoms with Crippen molar-refractivity contribution in [2.45, 2.75) is 19.3 Å². The smallest absolute Gasteiger partial charge is 0.303 e. The maximum Gasteiger partial charge on any atom is 0.303 e. The van der Waals surface area contributed by atoms with Crippen molar-refractivity contribution in [2.24, 2.45) is 0 Å². The van der Waals surface area contributed by atoms with Crippen molar-refractivity contribution in [3.8, 4) is 17.2 Å². The van der Waals surface area contributed by atoms with Crippen LogP contribution in [0.15, 0.2) is 66.9 Å². The van der Waals surface area contributed by atoms with E-state index in [0.717, 1.165) is 12.0 Å². The van der Waals surface area contributed by atoms with E-state index in [9.17, 15) is 14.7 Å². The van der Waals surface area contributed by atoms with Crippen LogP contribution in [0.25, 0.3) is 0 Å². The molecule has 1 heterocycles. The van der Waals surface area contributed by atoms with Crippen molar-refractivity contribution >= 4 is 11.8 Å². The third-order valence-corrected chi connectivity index (χ3v) is 4.08. The van der Waals surface area contributed by atoms with Crippen LogP contribution < -0.4 is 4.74 Å². The van der Waals surface area contributed by atoms with E-state index in [0.29, 0.717) is 5.75 Å². The molecule has 2 N–H and O–H groups in total. The number of benzene rings is 2. The fourth-order valence-corrected chi connectivity index (χ4v) is 2.69. The van der Waals surface area contributed by atoms with E-state index in [-0.39, 0.29) is 30.0 Å². The number of ketones is 1. The Balaban J connectivity index is 1.64. The Bertz CT molecular complexity index is 968. The first-order chi connectivity index (χ1) is 13.5. The van der Waals surface area contributed by atoms with E-state index in [1.54, 1.807) is 0 Å². The highest BCUT2D eigenvalue weighted by molar-refractivity contribution is 5.98. The topological polar surface area (TPSA) is 96.7 Å². The number of pyridine rings is 1. The van der Waals surface area contributed by atoms with E-state index >= 15 is 0 Å². The highest BCUT2D eigenvalue weighted by Crippen LogP contribution is 2.27. The molecule has 3 rings (SSSR count). The normalized spacial score (nSPS) is 10.4. The van der Waals surface area contributed by atoms with Crippen LogP contribution in [0.4, 0.5) is 0 Å². The van der Waals surface area contributed by atoms with Crippen LogP contribution in [0.2, 0.25) is 0 Å². The molecule has 6 heteroatoms. The lowest BCUT2D eigenvalue weighted by atomic mass is 10.1. The van der Waals surface area contributed by atoms with Crippen LogP contribution in [-0.4, -0.2) is 26.9 Å². The molecule has 0 aliphatic rings. The van der Waals surface area contributed by atoms with Crippen molar-refractivity contribution in [2.75, 3.05) is 0 Å². The minimum absolute atomic E-state index is 0.160. The summed E-state index contributed by atoms with van der Waals surface area (Å²) in [4.78, 5) is 26.4. The Hall–Kier alpha value is -3.67. The number of carbonyl (C=O) groups is 2. The Morgan fingerprint density at radius 1 is 0.893 bits per heavy atom. The summed E-state index contributed by atoms with van der Waals surface area (Å²) in [6, 6.07) is 19.0. The van der Waals surface area contributed by atoms with Gasteiger partial charge in [0, 0.05) is 12.5 Å². The number of ether oxygens (including phenoxy) is 1. The van der Waals surface area contributed by atoms with Gasteiger partial charge in [-0.3, -0.25) is 9.59 Å². The molecular formula is C22H19NO5. The second-order valence-corrected chi connectivity index (χ2v) is 6.26. The summed E-state index contributed by atoms with van der Waals surface area (Å²) in [7, 11) is 0. The number of nitrogens with zero attached hydrogens (tertiary/aromatic N) is 1.